The van der Waals surface area contributed by atoms with Crippen molar-refractivity contribution in [1.29, 1.82) is 5.26 Å². The molecule has 2 rings (SSSR count). The normalized spacial score (nSPS) is 9.44. The summed E-state index contributed by atoms with van der Waals surface area (Å²) >= 11 is 0. The molecular formula is C13H10N2O. The first-order valence-corrected chi connectivity index (χ1v) is 4.91. The monoisotopic (exact) mass is 210 g/mol. The highest BCUT2D eigenvalue weighted by atomic mass is 16.5. The van der Waals surface area contributed by atoms with Gasteiger partial charge in [-0.2, -0.15) is 5.26 Å². The van der Waals surface area contributed by atoms with E-state index in [1.165, 1.54) is 6.20 Å². The van der Waals surface area contributed by atoms with E-state index in [1.54, 1.807) is 12.3 Å². The molecule has 0 bridgehead atoms. The van der Waals surface area contributed by atoms with Crippen LogP contribution in [0.5, 0.6) is 5.75 Å². The molecule has 0 amide bonds. The summed E-state index contributed by atoms with van der Waals surface area (Å²) < 4.78 is 5.55. The van der Waals surface area contributed by atoms with E-state index >= 15 is 0 Å². The molecule has 1 heterocycles. The van der Waals surface area contributed by atoms with Gasteiger partial charge in [-0.3, -0.25) is 4.98 Å². The van der Waals surface area contributed by atoms with Gasteiger partial charge < -0.3 is 4.74 Å². The van der Waals surface area contributed by atoms with E-state index in [4.69, 9.17) is 10.00 Å². The van der Waals surface area contributed by atoms with Gasteiger partial charge in [-0.1, -0.05) is 30.3 Å². The van der Waals surface area contributed by atoms with Crippen molar-refractivity contribution >= 4 is 0 Å². The van der Waals surface area contributed by atoms with E-state index in [0.29, 0.717) is 17.9 Å². The molecule has 1 aromatic carbocycles. The van der Waals surface area contributed by atoms with Crippen molar-refractivity contribution in [1.82, 2.24) is 4.98 Å². The van der Waals surface area contributed by atoms with Crippen molar-refractivity contribution in [2.45, 2.75) is 6.61 Å². The minimum Gasteiger partial charge on any atom is -0.487 e. The Morgan fingerprint density at radius 1 is 1.19 bits per heavy atom. The summed E-state index contributed by atoms with van der Waals surface area (Å²) in [6.07, 6.45) is 3.11. The molecule has 3 nitrogen and oxygen atoms in total. The van der Waals surface area contributed by atoms with Gasteiger partial charge in [0.25, 0.3) is 0 Å². The fourth-order valence-corrected chi connectivity index (χ4v) is 1.33. The highest BCUT2D eigenvalue weighted by Crippen LogP contribution is 2.16. The number of hydrogen-bond donors (Lipinski definition) is 0. The van der Waals surface area contributed by atoms with Crippen molar-refractivity contribution in [2.24, 2.45) is 0 Å². The van der Waals surface area contributed by atoms with Crippen molar-refractivity contribution in [2.75, 3.05) is 0 Å². The number of benzene rings is 1. The fraction of sp³-hybridized carbons (Fsp3) is 0.0769. The topological polar surface area (TPSA) is 45.9 Å². The Morgan fingerprint density at radius 3 is 2.75 bits per heavy atom. The van der Waals surface area contributed by atoms with E-state index in [0.717, 1.165) is 5.56 Å². The first kappa shape index (κ1) is 10.2. The number of nitrogens with zero attached hydrogens (tertiary/aromatic N) is 2. The predicted octanol–water partition coefficient (Wildman–Crippen LogP) is 2.53. The average Bonchev–Trinajstić information content (AvgIpc) is 2.38. The number of rotatable bonds is 3. The van der Waals surface area contributed by atoms with Gasteiger partial charge in [0.15, 0.2) is 0 Å². The zero-order valence-electron chi connectivity index (χ0n) is 8.63. The number of aromatic nitrogens is 1. The summed E-state index contributed by atoms with van der Waals surface area (Å²) in [4.78, 5) is 3.87. The second-order valence-corrected chi connectivity index (χ2v) is 3.26. The third-order valence-electron chi connectivity index (χ3n) is 2.14. The lowest BCUT2D eigenvalue weighted by atomic mass is 10.2. The van der Waals surface area contributed by atoms with Gasteiger partial charge in [0.1, 0.15) is 24.0 Å². The van der Waals surface area contributed by atoms with Gasteiger partial charge in [0.2, 0.25) is 0 Å². The Hall–Kier alpha value is -2.34. The third-order valence-corrected chi connectivity index (χ3v) is 2.14. The number of nitriles is 1. The number of hydrogen-bond acceptors (Lipinski definition) is 3. The van der Waals surface area contributed by atoms with Crippen molar-refractivity contribution in [3.8, 4) is 11.8 Å². The van der Waals surface area contributed by atoms with E-state index in [2.05, 4.69) is 4.98 Å². The lowest BCUT2D eigenvalue weighted by Gasteiger charge is -2.06. The number of pyridine rings is 1. The third kappa shape index (κ3) is 2.37. The SMILES string of the molecule is N#Cc1cnccc1OCc1ccccc1. The van der Waals surface area contributed by atoms with Gasteiger partial charge in [-0.15, -0.1) is 0 Å². The second kappa shape index (κ2) is 4.94. The van der Waals surface area contributed by atoms with Crippen LogP contribution in [-0.4, -0.2) is 4.98 Å². The van der Waals surface area contributed by atoms with Gasteiger partial charge >= 0.3 is 0 Å². The fourth-order valence-electron chi connectivity index (χ4n) is 1.33. The Kier molecular flexibility index (Phi) is 3.15. The summed E-state index contributed by atoms with van der Waals surface area (Å²) in [6.45, 7) is 0.458. The molecule has 0 fully saturated rings. The molecular weight excluding hydrogens is 200 g/mol. The summed E-state index contributed by atoms with van der Waals surface area (Å²) in [5, 5.41) is 8.85. The van der Waals surface area contributed by atoms with Crippen LogP contribution in [0.2, 0.25) is 0 Å². The molecule has 78 valence electrons. The van der Waals surface area contributed by atoms with Crippen LogP contribution in [0.25, 0.3) is 0 Å². The van der Waals surface area contributed by atoms with Crippen molar-refractivity contribution < 1.29 is 4.74 Å². The lowest BCUT2D eigenvalue weighted by Crippen LogP contribution is -1.97. The van der Waals surface area contributed by atoms with E-state index in [9.17, 15) is 0 Å². The summed E-state index contributed by atoms with van der Waals surface area (Å²) in [6, 6.07) is 13.6. The first-order chi connectivity index (χ1) is 7.90. The van der Waals surface area contributed by atoms with Crippen LogP contribution in [0.3, 0.4) is 0 Å². The molecule has 0 saturated carbocycles. The van der Waals surface area contributed by atoms with Crippen molar-refractivity contribution in [3.63, 3.8) is 0 Å². The molecule has 2 aromatic rings. The van der Waals surface area contributed by atoms with Gasteiger partial charge in [-0.05, 0) is 11.6 Å². The maximum absolute atomic E-state index is 8.85. The zero-order chi connectivity index (χ0) is 11.2. The van der Waals surface area contributed by atoms with Crippen LogP contribution in [0.4, 0.5) is 0 Å². The Labute approximate surface area is 93.9 Å². The van der Waals surface area contributed by atoms with E-state index < -0.39 is 0 Å². The van der Waals surface area contributed by atoms with Crippen LogP contribution in [0, 0.1) is 11.3 Å². The maximum Gasteiger partial charge on any atom is 0.140 e. The quantitative estimate of drug-likeness (QED) is 0.782. The van der Waals surface area contributed by atoms with Gasteiger partial charge in [-0.25, -0.2) is 0 Å². The molecule has 1 aromatic heterocycles. The maximum atomic E-state index is 8.85. The van der Waals surface area contributed by atoms with Crippen LogP contribution in [0.1, 0.15) is 11.1 Å². The summed E-state index contributed by atoms with van der Waals surface area (Å²) in [5.41, 5.74) is 1.53. The zero-order valence-corrected chi connectivity index (χ0v) is 8.63. The standard InChI is InChI=1S/C13H10N2O/c14-8-12-9-15-7-6-13(12)16-10-11-4-2-1-3-5-11/h1-7,9H,10H2. The van der Waals surface area contributed by atoms with Crippen LogP contribution in [-0.2, 0) is 6.61 Å². The predicted molar refractivity (Wildman–Crippen MR) is 59.7 cm³/mol. The number of ether oxygens (including phenoxy) is 1. The largest absolute Gasteiger partial charge is 0.487 e. The van der Waals surface area contributed by atoms with Crippen LogP contribution < -0.4 is 4.74 Å². The molecule has 3 heteroatoms. The van der Waals surface area contributed by atoms with E-state index in [1.807, 2.05) is 36.4 Å². The Balaban J connectivity index is 2.09. The molecule has 16 heavy (non-hydrogen) atoms. The van der Waals surface area contributed by atoms with Crippen molar-refractivity contribution in [3.05, 3.63) is 59.9 Å². The Morgan fingerprint density at radius 2 is 2.00 bits per heavy atom. The average molecular weight is 210 g/mol. The summed E-state index contributed by atoms with van der Waals surface area (Å²) in [5.74, 6) is 0.571. The molecule has 0 N–H and O–H groups in total. The second-order valence-electron chi connectivity index (χ2n) is 3.26. The Bertz CT molecular complexity index is 503. The first-order valence-electron chi connectivity index (χ1n) is 4.91. The summed E-state index contributed by atoms with van der Waals surface area (Å²) in [7, 11) is 0. The molecule has 0 radical (unpaired) electrons. The minimum atomic E-state index is 0.457. The molecule has 0 aliphatic heterocycles. The lowest BCUT2D eigenvalue weighted by molar-refractivity contribution is 0.305. The molecule has 0 aliphatic rings. The highest BCUT2D eigenvalue weighted by molar-refractivity contribution is 5.40. The smallest absolute Gasteiger partial charge is 0.140 e. The van der Waals surface area contributed by atoms with Gasteiger partial charge in [0.05, 0.1) is 0 Å². The molecule has 0 atom stereocenters. The van der Waals surface area contributed by atoms with Gasteiger partial charge in [0, 0.05) is 12.4 Å². The highest BCUT2D eigenvalue weighted by Gasteiger charge is 2.02. The molecule has 0 saturated heterocycles. The van der Waals surface area contributed by atoms with E-state index in [-0.39, 0.29) is 0 Å². The molecule has 0 aliphatic carbocycles. The molecule has 0 unspecified atom stereocenters. The minimum absolute atomic E-state index is 0.457. The van der Waals surface area contributed by atoms with Crippen LogP contribution >= 0.6 is 0 Å². The van der Waals surface area contributed by atoms with Crippen LogP contribution in [0.15, 0.2) is 48.8 Å². The molecule has 0 spiro atoms.